The Morgan fingerprint density at radius 3 is 2.55 bits per heavy atom. The molecule has 0 aromatic heterocycles. The van der Waals surface area contributed by atoms with E-state index in [1.807, 2.05) is 36.9 Å². The van der Waals surface area contributed by atoms with Crippen LogP contribution in [0.2, 0.25) is 0 Å². The Morgan fingerprint density at radius 1 is 1.06 bits per heavy atom. The van der Waals surface area contributed by atoms with E-state index in [-0.39, 0.29) is 30.8 Å². The molecule has 0 N–H and O–H groups in total. The van der Waals surface area contributed by atoms with Gasteiger partial charge in [0.15, 0.2) is 19.0 Å². The molecule has 0 aliphatic carbocycles. The first-order chi connectivity index (χ1) is 15.8. The molecule has 2 amide bonds. The van der Waals surface area contributed by atoms with Crippen molar-refractivity contribution in [1.82, 2.24) is 4.90 Å². The summed E-state index contributed by atoms with van der Waals surface area (Å²) < 4.78 is 11.3. The number of ether oxygens (including phenoxy) is 2. The molecule has 1 atom stereocenters. The average Bonchev–Trinajstić information content (AvgIpc) is 2.82. The van der Waals surface area contributed by atoms with E-state index in [4.69, 9.17) is 9.47 Å². The number of fused-ring (bicyclic) bond motifs is 1. The quantitative estimate of drug-likeness (QED) is 0.628. The highest BCUT2D eigenvalue weighted by Crippen LogP contribution is 2.35. The Labute approximate surface area is 194 Å². The van der Waals surface area contributed by atoms with Crippen LogP contribution < -0.4 is 14.4 Å². The molecule has 174 valence electrons. The highest BCUT2D eigenvalue weighted by atomic mass is 16.5. The Balaban J connectivity index is 1.53. The number of piperidine rings is 1. The topological polar surface area (TPSA) is 76.2 Å². The van der Waals surface area contributed by atoms with Gasteiger partial charge in [-0.05, 0) is 69.9 Å². The largest absolute Gasteiger partial charge is 0.485 e. The van der Waals surface area contributed by atoms with Gasteiger partial charge in [0.2, 0.25) is 5.91 Å². The molecule has 0 bridgehead atoms. The molecule has 0 saturated carbocycles. The fourth-order valence-corrected chi connectivity index (χ4v) is 4.45. The predicted molar refractivity (Wildman–Crippen MR) is 125 cm³/mol. The first-order valence-electron chi connectivity index (χ1n) is 11.5. The van der Waals surface area contributed by atoms with E-state index >= 15 is 0 Å². The maximum absolute atomic E-state index is 13.1. The first kappa shape index (κ1) is 22.8. The zero-order chi connectivity index (χ0) is 23.5. The van der Waals surface area contributed by atoms with Crippen molar-refractivity contribution in [1.29, 1.82) is 0 Å². The predicted octanol–water partition coefficient (Wildman–Crippen LogP) is 3.69. The zero-order valence-corrected chi connectivity index (χ0v) is 19.4. The third kappa shape index (κ3) is 4.87. The van der Waals surface area contributed by atoms with Crippen LogP contribution in [0, 0.1) is 13.8 Å². The van der Waals surface area contributed by atoms with Gasteiger partial charge < -0.3 is 14.4 Å². The molecule has 0 radical (unpaired) electrons. The van der Waals surface area contributed by atoms with Crippen molar-refractivity contribution in [2.75, 3.05) is 31.2 Å². The Bertz CT molecular complexity index is 1070. The molecule has 7 heteroatoms. The lowest BCUT2D eigenvalue weighted by molar-refractivity contribution is -0.135. The number of rotatable bonds is 6. The normalized spacial score (nSPS) is 16.6. The lowest BCUT2D eigenvalue weighted by Crippen LogP contribution is -2.53. The van der Waals surface area contributed by atoms with Crippen LogP contribution in [-0.4, -0.2) is 54.8 Å². The highest BCUT2D eigenvalue weighted by Gasteiger charge is 2.35. The minimum atomic E-state index is -0.671. The van der Waals surface area contributed by atoms with Crippen LogP contribution in [0.15, 0.2) is 36.4 Å². The molecule has 1 unspecified atom stereocenters. The van der Waals surface area contributed by atoms with Gasteiger partial charge >= 0.3 is 0 Å². The van der Waals surface area contributed by atoms with Gasteiger partial charge in [-0.1, -0.05) is 17.7 Å². The van der Waals surface area contributed by atoms with Gasteiger partial charge in [-0.2, -0.15) is 0 Å². The van der Waals surface area contributed by atoms with Gasteiger partial charge in [-0.3, -0.25) is 19.3 Å². The van der Waals surface area contributed by atoms with Crippen molar-refractivity contribution < 1.29 is 23.9 Å². The van der Waals surface area contributed by atoms with Gasteiger partial charge in [0.05, 0.1) is 5.69 Å². The molecule has 2 aliphatic heterocycles. The van der Waals surface area contributed by atoms with E-state index < -0.39 is 6.04 Å². The van der Waals surface area contributed by atoms with E-state index in [1.165, 1.54) is 4.90 Å². The number of amides is 2. The number of anilines is 1. The summed E-state index contributed by atoms with van der Waals surface area (Å²) >= 11 is 0. The molecule has 33 heavy (non-hydrogen) atoms. The van der Waals surface area contributed by atoms with E-state index in [2.05, 4.69) is 0 Å². The summed E-state index contributed by atoms with van der Waals surface area (Å²) in [5.74, 6) is 0.556. The van der Waals surface area contributed by atoms with Crippen LogP contribution in [0.1, 0.15) is 47.7 Å². The van der Waals surface area contributed by atoms with Crippen LogP contribution in [0.25, 0.3) is 0 Å². The molecule has 1 fully saturated rings. The van der Waals surface area contributed by atoms with Gasteiger partial charge in [-0.15, -0.1) is 0 Å². The summed E-state index contributed by atoms with van der Waals surface area (Å²) in [6, 6.07) is 10.1. The fourth-order valence-electron chi connectivity index (χ4n) is 4.45. The van der Waals surface area contributed by atoms with Crippen molar-refractivity contribution in [3.63, 3.8) is 0 Å². The Hall–Kier alpha value is -3.35. The maximum Gasteiger partial charge on any atom is 0.265 e. The first-order valence-corrected chi connectivity index (χ1v) is 11.5. The monoisotopic (exact) mass is 450 g/mol. The molecule has 7 nitrogen and oxygen atoms in total. The third-order valence-corrected chi connectivity index (χ3v) is 6.26. The lowest BCUT2D eigenvalue weighted by Gasteiger charge is -2.37. The minimum Gasteiger partial charge on any atom is -0.485 e. The summed E-state index contributed by atoms with van der Waals surface area (Å²) in [4.78, 5) is 42.0. The minimum absolute atomic E-state index is 0.0780. The molecule has 2 aromatic carbocycles. The van der Waals surface area contributed by atoms with Gasteiger partial charge in [-0.25, -0.2) is 0 Å². The second kappa shape index (κ2) is 9.65. The number of carbonyl (C=O) groups is 3. The molecular formula is C26H30N2O5. The van der Waals surface area contributed by atoms with E-state index in [9.17, 15) is 14.4 Å². The summed E-state index contributed by atoms with van der Waals surface area (Å²) in [7, 11) is 0. The van der Waals surface area contributed by atoms with Crippen LogP contribution in [-0.2, 0) is 9.59 Å². The van der Waals surface area contributed by atoms with Crippen molar-refractivity contribution >= 4 is 23.3 Å². The SMILES string of the molecule is Cc1ccc(OCC(=O)c2ccc3c(c2)N(C(C)C(=O)N2CCCCC2)C(=O)CO3)c(C)c1. The Morgan fingerprint density at radius 2 is 1.82 bits per heavy atom. The number of aryl methyl sites for hydroxylation is 2. The molecular weight excluding hydrogens is 420 g/mol. The maximum atomic E-state index is 13.1. The molecule has 1 saturated heterocycles. The molecule has 2 aromatic rings. The van der Waals surface area contributed by atoms with Crippen molar-refractivity contribution in [3.05, 3.63) is 53.1 Å². The highest BCUT2D eigenvalue weighted by molar-refractivity contribution is 6.05. The number of likely N-dealkylation sites (tertiary alicyclic amines) is 1. The summed E-state index contributed by atoms with van der Waals surface area (Å²) in [5, 5.41) is 0. The number of hydrogen-bond donors (Lipinski definition) is 0. The number of ketones is 1. The summed E-state index contributed by atoms with van der Waals surface area (Å²) in [6.45, 7) is 6.84. The lowest BCUT2D eigenvalue weighted by atomic mass is 10.1. The average molecular weight is 451 g/mol. The van der Waals surface area contributed by atoms with Crippen molar-refractivity contribution in [2.24, 2.45) is 0 Å². The Kier molecular flexibility index (Phi) is 6.67. The van der Waals surface area contributed by atoms with Gasteiger partial charge in [0, 0.05) is 18.7 Å². The van der Waals surface area contributed by atoms with E-state index in [1.54, 1.807) is 25.1 Å². The van der Waals surface area contributed by atoms with Crippen LogP contribution in [0.3, 0.4) is 0 Å². The van der Waals surface area contributed by atoms with Gasteiger partial charge in [0.1, 0.15) is 17.5 Å². The van der Waals surface area contributed by atoms with E-state index in [0.717, 1.165) is 30.4 Å². The van der Waals surface area contributed by atoms with E-state index in [0.29, 0.717) is 35.8 Å². The second-order valence-corrected chi connectivity index (χ2v) is 8.78. The van der Waals surface area contributed by atoms with Crippen LogP contribution in [0.4, 0.5) is 5.69 Å². The third-order valence-electron chi connectivity index (χ3n) is 6.26. The van der Waals surface area contributed by atoms with Crippen molar-refractivity contribution in [2.45, 2.75) is 46.1 Å². The fraction of sp³-hybridized carbons (Fsp3) is 0.423. The summed E-state index contributed by atoms with van der Waals surface area (Å²) in [6.07, 6.45) is 3.07. The number of hydrogen-bond acceptors (Lipinski definition) is 5. The molecule has 4 rings (SSSR count). The molecule has 0 spiro atoms. The number of nitrogens with zero attached hydrogens (tertiary/aromatic N) is 2. The number of benzene rings is 2. The zero-order valence-electron chi connectivity index (χ0n) is 19.4. The van der Waals surface area contributed by atoms with Gasteiger partial charge in [0.25, 0.3) is 5.91 Å². The van der Waals surface area contributed by atoms with Crippen molar-refractivity contribution in [3.8, 4) is 11.5 Å². The number of carbonyl (C=O) groups excluding carboxylic acids is 3. The molecule has 2 heterocycles. The molecule has 2 aliphatic rings. The smallest absolute Gasteiger partial charge is 0.265 e. The van der Waals surface area contributed by atoms with Crippen LogP contribution >= 0.6 is 0 Å². The summed E-state index contributed by atoms with van der Waals surface area (Å²) in [5.41, 5.74) is 2.93. The number of Topliss-reactive ketones (excluding diaryl/α,β-unsaturated/α-hetero) is 1. The van der Waals surface area contributed by atoms with Crippen LogP contribution in [0.5, 0.6) is 11.5 Å². The second-order valence-electron chi connectivity index (χ2n) is 8.78. The standard InChI is InChI=1S/C26H30N2O5/c1-17-7-9-23(18(2)13-17)32-15-22(29)20-8-10-24-21(14-20)28(25(30)16-33-24)19(3)26(31)27-11-5-4-6-12-27/h7-10,13-14,19H,4-6,11-12,15-16H2,1-3H3.